The summed E-state index contributed by atoms with van der Waals surface area (Å²) in [5.41, 5.74) is -0.0759. The molecule has 1 aliphatic heterocycles. The number of hydrogen-bond donors (Lipinski definition) is 0. The summed E-state index contributed by atoms with van der Waals surface area (Å²) in [5.74, 6) is 1.18. The van der Waals surface area contributed by atoms with Crippen molar-refractivity contribution < 1.29 is 18.7 Å². The Labute approximate surface area is 129 Å². The Hall–Kier alpha value is -1.85. The number of hydrogen-bond acceptors (Lipinski definition) is 5. The summed E-state index contributed by atoms with van der Waals surface area (Å²) >= 11 is 0. The van der Waals surface area contributed by atoms with Gasteiger partial charge in [-0.25, -0.2) is 9.78 Å². The Morgan fingerprint density at radius 2 is 2.09 bits per heavy atom. The lowest BCUT2D eigenvalue weighted by molar-refractivity contribution is 0.0203. The minimum absolute atomic E-state index is 0.0399. The quantitative estimate of drug-likeness (QED) is 0.796. The Kier molecular flexibility index (Phi) is 3.70. The predicted molar refractivity (Wildman–Crippen MR) is 78.7 cm³/mol. The zero-order valence-corrected chi connectivity index (χ0v) is 13.3. The van der Waals surface area contributed by atoms with Crippen LogP contribution in [-0.4, -0.2) is 33.9 Å². The summed E-state index contributed by atoms with van der Waals surface area (Å²) < 4.78 is 11.2. The number of oxazole rings is 1. The normalized spacial score (nSPS) is 21.9. The fourth-order valence-corrected chi connectivity index (χ4v) is 2.99. The first-order valence-corrected chi connectivity index (χ1v) is 7.87. The highest BCUT2D eigenvalue weighted by Gasteiger charge is 2.37. The smallest absolute Gasteiger partial charge is 0.410 e. The van der Waals surface area contributed by atoms with Gasteiger partial charge in [-0.15, -0.1) is 0 Å². The summed E-state index contributed by atoms with van der Waals surface area (Å²) in [4.78, 5) is 30.2. The van der Waals surface area contributed by atoms with E-state index in [2.05, 4.69) is 4.98 Å². The second-order valence-electron chi connectivity index (χ2n) is 6.93. The van der Waals surface area contributed by atoms with E-state index in [0.29, 0.717) is 30.3 Å². The van der Waals surface area contributed by atoms with Crippen LogP contribution in [0.2, 0.25) is 0 Å². The van der Waals surface area contributed by atoms with Crippen LogP contribution >= 0.6 is 0 Å². The standard InChI is InChI=1S/C16H22N2O4/c1-16(2,3)22-15(20)18-9-5-6-10(18)14-17-13-11(19)7-4-8-12(13)21-14/h10H,4-9H2,1-3H3. The van der Waals surface area contributed by atoms with Gasteiger partial charge in [-0.2, -0.15) is 0 Å². The molecule has 0 aromatic carbocycles. The maximum absolute atomic E-state index is 12.3. The van der Waals surface area contributed by atoms with Crippen LogP contribution in [0.15, 0.2) is 4.42 Å². The molecule has 3 rings (SSSR count). The van der Waals surface area contributed by atoms with Gasteiger partial charge in [0.1, 0.15) is 23.1 Å². The van der Waals surface area contributed by atoms with E-state index in [1.54, 1.807) is 4.90 Å². The maximum Gasteiger partial charge on any atom is 0.410 e. The molecule has 6 heteroatoms. The van der Waals surface area contributed by atoms with Crippen LogP contribution in [0.25, 0.3) is 0 Å². The van der Waals surface area contributed by atoms with Gasteiger partial charge in [-0.3, -0.25) is 9.69 Å². The molecule has 1 aromatic rings. The number of amides is 1. The largest absolute Gasteiger partial charge is 0.444 e. The lowest BCUT2D eigenvalue weighted by atomic mass is 10.0. The number of nitrogens with zero attached hydrogens (tertiary/aromatic N) is 2. The lowest BCUT2D eigenvalue weighted by Gasteiger charge is -2.27. The van der Waals surface area contributed by atoms with E-state index in [0.717, 1.165) is 25.7 Å². The molecule has 6 nitrogen and oxygen atoms in total. The summed E-state index contributed by atoms with van der Waals surface area (Å²) in [6.07, 6.45) is 3.39. The molecule has 1 amide bonds. The van der Waals surface area contributed by atoms with Crippen LogP contribution in [0.5, 0.6) is 0 Å². The molecule has 1 aliphatic carbocycles. The Morgan fingerprint density at radius 3 is 2.77 bits per heavy atom. The zero-order chi connectivity index (χ0) is 15.9. The lowest BCUT2D eigenvalue weighted by Crippen LogP contribution is -2.36. The Bertz CT molecular complexity index is 600. The van der Waals surface area contributed by atoms with Gasteiger partial charge in [-0.05, 0) is 40.0 Å². The van der Waals surface area contributed by atoms with Crippen molar-refractivity contribution >= 4 is 11.9 Å². The summed E-state index contributed by atoms with van der Waals surface area (Å²) in [6.45, 7) is 6.16. The number of rotatable bonds is 1. The Balaban J connectivity index is 1.82. The van der Waals surface area contributed by atoms with Crippen molar-refractivity contribution in [3.63, 3.8) is 0 Å². The topological polar surface area (TPSA) is 72.6 Å². The maximum atomic E-state index is 12.3. The first-order chi connectivity index (χ1) is 10.3. The molecule has 120 valence electrons. The molecule has 0 spiro atoms. The van der Waals surface area contributed by atoms with Crippen LogP contribution in [0.1, 0.15) is 74.6 Å². The van der Waals surface area contributed by atoms with Crippen molar-refractivity contribution in [2.24, 2.45) is 0 Å². The van der Waals surface area contributed by atoms with E-state index in [-0.39, 0.29) is 17.9 Å². The fourth-order valence-electron chi connectivity index (χ4n) is 2.99. The number of carbonyl (C=O) groups is 2. The molecule has 1 fully saturated rings. The average Bonchev–Trinajstić information content (AvgIpc) is 3.03. The molecule has 2 aliphatic rings. The first-order valence-electron chi connectivity index (χ1n) is 7.87. The third-order valence-corrected chi connectivity index (χ3v) is 3.95. The molecule has 0 bridgehead atoms. The molecule has 1 aromatic heterocycles. The number of fused-ring (bicyclic) bond motifs is 1. The number of Topliss-reactive ketones (excluding diaryl/α,β-unsaturated/α-hetero) is 1. The third kappa shape index (κ3) is 2.87. The van der Waals surface area contributed by atoms with E-state index in [1.807, 2.05) is 20.8 Å². The molecule has 22 heavy (non-hydrogen) atoms. The second-order valence-corrected chi connectivity index (χ2v) is 6.93. The van der Waals surface area contributed by atoms with E-state index in [9.17, 15) is 9.59 Å². The number of aryl methyl sites for hydroxylation is 1. The number of aromatic nitrogens is 1. The zero-order valence-electron chi connectivity index (χ0n) is 13.3. The first kappa shape index (κ1) is 15.1. The van der Waals surface area contributed by atoms with Gasteiger partial charge in [0.25, 0.3) is 0 Å². The predicted octanol–water partition coefficient (Wildman–Crippen LogP) is 3.27. The number of carbonyl (C=O) groups excluding carboxylic acids is 2. The Morgan fingerprint density at radius 1 is 1.32 bits per heavy atom. The highest BCUT2D eigenvalue weighted by molar-refractivity contribution is 5.96. The van der Waals surface area contributed by atoms with Crippen molar-refractivity contribution in [3.8, 4) is 0 Å². The highest BCUT2D eigenvalue weighted by atomic mass is 16.6. The molecular formula is C16H22N2O4. The minimum atomic E-state index is -0.532. The van der Waals surface area contributed by atoms with Crippen molar-refractivity contribution in [2.45, 2.75) is 64.5 Å². The van der Waals surface area contributed by atoms with Gasteiger partial charge in [-0.1, -0.05) is 0 Å². The van der Waals surface area contributed by atoms with Crippen LogP contribution in [0, 0.1) is 0 Å². The van der Waals surface area contributed by atoms with Crippen LogP contribution < -0.4 is 0 Å². The SMILES string of the molecule is CC(C)(C)OC(=O)N1CCCC1c1nc2c(o1)CCCC2=O. The molecule has 1 unspecified atom stereocenters. The number of ketones is 1. The monoisotopic (exact) mass is 306 g/mol. The molecule has 2 heterocycles. The molecule has 0 saturated carbocycles. The summed E-state index contributed by atoms with van der Waals surface area (Å²) in [5, 5.41) is 0. The molecule has 0 radical (unpaired) electrons. The van der Waals surface area contributed by atoms with E-state index < -0.39 is 5.60 Å². The summed E-state index contributed by atoms with van der Waals surface area (Å²) in [7, 11) is 0. The average molecular weight is 306 g/mol. The van der Waals surface area contributed by atoms with Crippen molar-refractivity contribution in [3.05, 3.63) is 17.3 Å². The minimum Gasteiger partial charge on any atom is -0.444 e. The van der Waals surface area contributed by atoms with Crippen LogP contribution in [-0.2, 0) is 11.2 Å². The summed E-state index contributed by atoms with van der Waals surface area (Å²) in [6, 6.07) is -0.228. The van der Waals surface area contributed by atoms with Crippen LogP contribution in [0.3, 0.4) is 0 Å². The highest BCUT2D eigenvalue weighted by Crippen LogP contribution is 2.35. The second kappa shape index (κ2) is 5.41. The fraction of sp³-hybridized carbons (Fsp3) is 0.688. The van der Waals surface area contributed by atoms with E-state index >= 15 is 0 Å². The van der Waals surface area contributed by atoms with E-state index in [4.69, 9.17) is 9.15 Å². The van der Waals surface area contributed by atoms with Gasteiger partial charge in [0.15, 0.2) is 5.78 Å². The van der Waals surface area contributed by atoms with Crippen molar-refractivity contribution in [1.82, 2.24) is 9.88 Å². The van der Waals surface area contributed by atoms with Crippen molar-refractivity contribution in [1.29, 1.82) is 0 Å². The van der Waals surface area contributed by atoms with E-state index in [1.165, 1.54) is 0 Å². The van der Waals surface area contributed by atoms with Gasteiger partial charge in [0.2, 0.25) is 5.89 Å². The third-order valence-electron chi connectivity index (χ3n) is 3.95. The van der Waals surface area contributed by atoms with Gasteiger partial charge >= 0.3 is 6.09 Å². The van der Waals surface area contributed by atoms with Gasteiger partial charge < -0.3 is 9.15 Å². The number of ether oxygens (including phenoxy) is 1. The van der Waals surface area contributed by atoms with Gasteiger partial charge in [0.05, 0.1) is 0 Å². The van der Waals surface area contributed by atoms with Gasteiger partial charge in [0, 0.05) is 19.4 Å². The molecule has 1 saturated heterocycles. The van der Waals surface area contributed by atoms with Crippen LogP contribution in [0.4, 0.5) is 4.79 Å². The molecule has 1 atom stereocenters. The van der Waals surface area contributed by atoms with Crippen molar-refractivity contribution in [2.75, 3.05) is 6.54 Å². The number of likely N-dealkylation sites (tertiary alicyclic amines) is 1. The molecule has 0 N–H and O–H groups in total. The molecular weight excluding hydrogens is 284 g/mol.